The van der Waals surface area contributed by atoms with Crippen LogP contribution in [0.4, 0.5) is 29.2 Å². The fraction of sp³-hybridized carbons (Fsp3) is 0.304. The van der Waals surface area contributed by atoms with Gasteiger partial charge in [-0.25, -0.2) is 19.3 Å². The van der Waals surface area contributed by atoms with Crippen molar-refractivity contribution in [3.8, 4) is 0 Å². The molecule has 3 aromatic heterocycles. The first-order valence-corrected chi connectivity index (χ1v) is 11.6. The van der Waals surface area contributed by atoms with Crippen LogP contribution in [0.2, 0.25) is 5.15 Å². The van der Waals surface area contributed by atoms with Crippen LogP contribution < -0.4 is 11.1 Å². The van der Waals surface area contributed by atoms with E-state index >= 15 is 0 Å². The van der Waals surface area contributed by atoms with Gasteiger partial charge in [0.15, 0.2) is 5.82 Å². The number of nitrogens with one attached hydrogen (secondary N) is 1. The number of nitrogens with zero attached hydrogens (tertiary/aromatic N) is 6. The lowest BCUT2D eigenvalue weighted by atomic mass is 10.1. The first kappa shape index (κ1) is 25.6. The fourth-order valence-corrected chi connectivity index (χ4v) is 4.90. The highest BCUT2D eigenvalue weighted by Crippen LogP contribution is 2.38. The van der Waals surface area contributed by atoms with Crippen molar-refractivity contribution in [3.05, 3.63) is 47.1 Å². The molecule has 1 aliphatic rings. The zero-order chi connectivity index (χ0) is 27.4. The number of amides is 2. The maximum absolute atomic E-state index is 14.4. The van der Waals surface area contributed by atoms with Gasteiger partial charge >= 0.3 is 6.18 Å². The summed E-state index contributed by atoms with van der Waals surface area (Å²) in [7, 11) is 0. The summed E-state index contributed by atoms with van der Waals surface area (Å²) in [6.07, 6.45) is -2.69. The van der Waals surface area contributed by atoms with Crippen LogP contribution in [0, 0.1) is 6.92 Å². The topological polar surface area (TPSA) is 132 Å². The lowest BCUT2D eigenvalue weighted by Crippen LogP contribution is -2.44. The molecule has 198 valence electrons. The van der Waals surface area contributed by atoms with Gasteiger partial charge in [0.1, 0.15) is 41.7 Å². The molecular weight excluding hydrogens is 532 g/mol. The molecule has 0 saturated carbocycles. The number of hydrogen-bond donors (Lipinski definition) is 2. The number of halogens is 5. The zero-order valence-electron chi connectivity index (χ0n) is 19.6. The summed E-state index contributed by atoms with van der Waals surface area (Å²) in [6.45, 7) is 0.691. The fourth-order valence-electron chi connectivity index (χ4n) is 4.75. The van der Waals surface area contributed by atoms with Crippen LogP contribution in [-0.2, 0) is 22.3 Å². The Morgan fingerprint density at radius 2 is 2.00 bits per heavy atom. The quantitative estimate of drug-likeness (QED) is 0.372. The summed E-state index contributed by atoms with van der Waals surface area (Å²) < 4.78 is 56.4. The van der Waals surface area contributed by atoms with Gasteiger partial charge in [0.2, 0.25) is 11.8 Å². The van der Waals surface area contributed by atoms with Gasteiger partial charge in [0.05, 0.1) is 35.4 Å². The largest absolute Gasteiger partial charge is 0.416 e. The van der Waals surface area contributed by atoms with E-state index < -0.39 is 42.3 Å². The molecule has 15 heteroatoms. The Balaban J connectivity index is 1.52. The van der Waals surface area contributed by atoms with Crippen LogP contribution in [0.3, 0.4) is 0 Å². The molecule has 1 fully saturated rings. The van der Waals surface area contributed by atoms with Crippen LogP contribution in [0.15, 0.2) is 30.9 Å². The Morgan fingerprint density at radius 3 is 2.71 bits per heavy atom. The molecule has 38 heavy (non-hydrogen) atoms. The third kappa shape index (κ3) is 4.55. The molecule has 0 aliphatic carbocycles. The number of rotatable bonds is 4. The third-order valence-electron chi connectivity index (χ3n) is 6.30. The minimum Gasteiger partial charge on any atom is -0.383 e. The van der Waals surface area contributed by atoms with Gasteiger partial charge in [0.25, 0.3) is 0 Å². The molecule has 1 aliphatic heterocycles. The van der Waals surface area contributed by atoms with Crippen molar-refractivity contribution in [2.45, 2.75) is 38.3 Å². The second-order valence-corrected chi connectivity index (χ2v) is 9.23. The molecule has 4 heterocycles. The molecular formula is C23H19ClF4N8O2. The van der Waals surface area contributed by atoms with E-state index in [1.165, 1.54) is 23.9 Å². The van der Waals surface area contributed by atoms with E-state index in [2.05, 4.69) is 25.3 Å². The highest BCUT2D eigenvalue weighted by atomic mass is 35.5. The predicted molar refractivity (Wildman–Crippen MR) is 130 cm³/mol. The monoisotopic (exact) mass is 550 g/mol. The molecule has 2 atom stereocenters. The minimum absolute atomic E-state index is 0.0298. The highest BCUT2D eigenvalue weighted by molar-refractivity contribution is 6.29. The van der Waals surface area contributed by atoms with Crippen molar-refractivity contribution < 1.29 is 27.2 Å². The Morgan fingerprint density at radius 1 is 1.24 bits per heavy atom. The second-order valence-electron chi connectivity index (χ2n) is 8.84. The average molecular weight is 551 g/mol. The number of aromatic nitrogens is 5. The summed E-state index contributed by atoms with van der Waals surface area (Å²) in [4.78, 5) is 43.2. The van der Waals surface area contributed by atoms with E-state index in [1.807, 2.05) is 0 Å². The zero-order valence-corrected chi connectivity index (χ0v) is 20.4. The molecule has 1 aromatic carbocycles. The number of alkyl halides is 4. The SMILES string of the molecule is Cc1cc(C(F)(F)F)cc2c3c(N)ncnc3n(CC(=O)N3C[C@H](F)C[C@@H]3C(=O)Nc3cncc(Cl)n3)c12. The molecule has 0 unspecified atom stereocenters. The number of carbonyl (C=O) groups is 2. The Kier molecular flexibility index (Phi) is 6.29. The summed E-state index contributed by atoms with van der Waals surface area (Å²) in [5.41, 5.74) is 5.75. The molecule has 5 rings (SSSR count). The molecule has 2 amide bonds. The number of benzene rings is 1. The second kappa shape index (κ2) is 9.35. The number of anilines is 2. The normalized spacial score (nSPS) is 17.9. The van der Waals surface area contributed by atoms with Crippen LogP contribution in [0.5, 0.6) is 0 Å². The van der Waals surface area contributed by atoms with E-state index in [-0.39, 0.29) is 51.7 Å². The summed E-state index contributed by atoms with van der Waals surface area (Å²) in [6, 6.07) is 0.729. The minimum atomic E-state index is -4.62. The maximum Gasteiger partial charge on any atom is 0.416 e. The van der Waals surface area contributed by atoms with E-state index in [1.54, 1.807) is 0 Å². The van der Waals surface area contributed by atoms with Crippen LogP contribution in [0.1, 0.15) is 17.5 Å². The molecule has 0 spiro atoms. The van der Waals surface area contributed by atoms with Gasteiger partial charge in [-0.05, 0) is 24.6 Å². The van der Waals surface area contributed by atoms with E-state index in [9.17, 15) is 27.2 Å². The highest BCUT2D eigenvalue weighted by Gasteiger charge is 2.40. The first-order valence-electron chi connectivity index (χ1n) is 11.3. The number of fused-ring (bicyclic) bond motifs is 3. The molecule has 0 bridgehead atoms. The Hall–Kier alpha value is -4.07. The standard InChI is InChI=1S/C23H19ClF4N8O2/c1-10-2-11(23(26,27)28)3-13-18-20(29)31-9-32-21(18)36(19(10)13)8-17(37)35-7-12(25)4-14(35)22(38)34-16-6-30-5-15(24)33-16/h2-3,5-6,9,12,14H,4,7-8H2,1H3,(H2,29,31,32)(H,33,34,38)/t12-,14-/m1/s1. The summed E-state index contributed by atoms with van der Waals surface area (Å²) >= 11 is 5.79. The van der Waals surface area contributed by atoms with E-state index in [4.69, 9.17) is 17.3 Å². The number of hydrogen-bond acceptors (Lipinski definition) is 7. The predicted octanol–water partition coefficient (Wildman–Crippen LogP) is 3.52. The molecule has 3 N–H and O–H groups in total. The third-order valence-corrected chi connectivity index (χ3v) is 6.48. The van der Waals surface area contributed by atoms with Gasteiger partial charge in [-0.3, -0.25) is 14.6 Å². The Bertz CT molecular complexity index is 1590. The average Bonchev–Trinajstić information content (AvgIpc) is 3.38. The van der Waals surface area contributed by atoms with Gasteiger partial charge in [-0.1, -0.05) is 11.6 Å². The molecule has 10 nitrogen and oxygen atoms in total. The van der Waals surface area contributed by atoms with Crippen LogP contribution in [-0.4, -0.2) is 60.0 Å². The van der Waals surface area contributed by atoms with Crippen molar-refractivity contribution in [3.63, 3.8) is 0 Å². The van der Waals surface area contributed by atoms with Gasteiger partial charge in [0, 0.05) is 11.8 Å². The Labute approximate surface area is 216 Å². The molecule has 1 saturated heterocycles. The van der Waals surface area contributed by atoms with Crippen molar-refractivity contribution in [2.75, 3.05) is 17.6 Å². The number of aryl methyl sites for hydroxylation is 1. The first-order chi connectivity index (χ1) is 17.9. The van der Waals surface area contributed by atoms with Crippen LogP contribution >= 0.6 is 11.6 Å². The summed E-state index contributed by atoms with van der Waals surface area (Å²) in [5, 5.41) is 2.78. The van der Waals surface area contributed by atoms with Crippen LogP contribution in [0.25, 0.3) is 21.9 Å². The molecule has 0 radical (unpaired) electrons. The summed E-state index contributed by atoms with van der Waals surface area (Å²) in [5.74, 6) is -1.36. The van der Waals surface area contributed by atoms with Crippen molar-refractivity contribution in [2.24, 2.45) is 0 Å². The number of nitrogen functional groups attached to an aromatic ring is 1. The number of likely N-dealkylation sites (tertiary alicyclic amines) is 1. The van der Waals surface area contributed by atoms with Gasteiger partial charge in [-0.2, -0.15) is 13.2 Å². The van der Waals surface area contributed by atoms with Crippen molar-refractivity contribution >= 4 is 57.0 Å². The molecule has 4 aromatic rings. The van der Waals surface area contributed by atoms with Crippen molar-refractivity contribution in [1.82, 2.24) is 29.4 Å². The smallest absolute Gasteiger partial charge is 0.383 e. The lowest BCUT2D eigenvalue weighted by molar-refractivity contribution is -0.137. The van der Waals surface area contributed by atoms with Gasteiger partial charge in [-0.15, -0.1) is 0 Å². The van der Waals surface area contributed by atoms with Gasteiger partial charge < -0.3 is 20.5 Å². The van der Waals surface area contributed by atoms with E-state index in [0.29, 0.717) is 5.52 Å². The number of nitrogens with two attached hydrogens (primary N) is 1. The number of carbonyl (C=O) groups excluding carboxylic acids is 2. The van der Waals surface area contributed by atoms with E-state index in [0.717, 1.165) is 23.4 Å². The lowest BCUT2D eigenvalue weighted by Gasteiger charge is -2.24. The van der Waals surface area contributed by atoms with Crippen molar-refractivity contribution in [1.29, 1.82) is 0 Å². The maximum atomic E-state index is 14.4.